The third-order valence-electron chi connectivity index (χ3n) is 4.84. The summed E-state index contributed by atoms with van der Waals surface area (Å²) < 4.78 is 0. The normalized spacial score (nSPS) is 15.8. The summed E-state index contributed by atoms with van der Waals surface area (Å²) in [6, 6.07) is 7.87. The zero-order chi connectivity index (χ0) is 17.5. The van der Waals surface area contributed by atoms with Gasteiger partial charge in [-0.15, -0.1) is 12.4 Å². The van der Waals surface area contributed by atoms with Gasteiger partial charge in [-0.05, 0) is 50.7 Å². The Morgan fingerprint density at radius 1 is 1.12 bits per heavy atom. The van der Waals surface area contributed by atoms with E-state index in [9.17, 15) is 0 Å². The van der Waals surface area contributed by atoms with E-state index in [1.165, 1.54) is 51.1 Å². The van der Waals surface area contributed by atoms with Gasteiger partial charge in [0.1, 0.15) is 0 Å². The van der Waals surface area contributed by atoms with Gasteiger partial charge in [-0.1, -0.05) is 23.7 Å². The summed E-state index contributed by atoms with van der Waals surface area (Å²) in [6.07, 6.45) is 4.37. The molecule has 2 aromatic rings. The van der Waals surface area contributed by atoms with Gasteiger partial charge in [-0.2, -0.15) is 5.10 Å². The van der Waals surface area contributed by atoms with E-state index in [1.54, 1.807) is 0 Å². The summed E-state index contributed by atoms with van der Waals surface area (Å²) in [7, 11) is 2.20. The van der Waals surface area contributed by atoms with E-state index >= 15 is 0 Å². The summed E-state index contributed by atoms with van der Waals surface area (Å²) in [5.41, 5.74) is 3.39. The second-order valence-electron chi connectivity index (χ2n) is 6.81. The van der Waals surface area contributed by atoms with Crippen molar-refractivity contribution in [3.63, 3.8) is 0 Å². The van der Waals surface area contributed by atoms with Crippen molar-refractivity contribution in [3.05, 3.63) is 41.0 Å². The summed E-state index contributed by atoms with van der Waals surface area (Å²) >= 11 is 5.96. The van der Waals surface area contributed by atoms with Gasteiger partial charge in [0.15, 0.2) is 0 Å². The highest BCUT2D eigenvalue weighted by Crippen LogP contribution is 2.22. The number of rotatable bonds is 8. The van der Waals surface area contributed by atoms with Crippen molar-refractivity contribution in [1.82, 2.24) is 25.3 Å². The molecule has 1 fully saturated rings. The number of hydrogen-bond acceptors (Lipinski definition) is 4. The lowest BCUT2D eigenvalue weighted by molar-refractivity contribution is 0.152. The van der Waals surface area contributed by atoms with Crippen LogP contribution >= 0.6 is 24.0 Å². The van der Waals surface area contributed by atoms with Crippen molar-refractivity contribution < 1.29 is 0 Å². The van der Waals surface area contributed by atoms with E-state index in [1.807, 2.05) is 30.5 Å². The lowest BCUT2D eigenvalue weighted by atomic mass is 10.1. The molecule has 0 bridgehead atoms. The molecule has 0 amide bonds. The first-order valence-corrected chi connectivity index (χ1v) is 9.50. The van der Waals surface area contributed by atoms with Gasteiger partial charge in [-0.25, -0.2) is 0 Å². The summed E-state index contributed by atoms with van der Waals surface area (Å²) in [5, 5.41) is 11.6. The van der Waals surface area contributed by atoms with E-state index in [-0.39, 0.29) is 12.4 Å². The SMILES string of the molecule is CN1CCN(CCCCNCc2cn[nH]c2-c2ccc(Cl)cc2)CC1.Cl. The molecule has 1 aliphatic rings. The third kappa shape index (κ3) is 6.25. The smallest absolute Gasteiger partial charge is 0.0695 e. The number of aromatic nitrogens is 2. The molecule has 1 aromatic carbocycles. The zero-order valence-electron chi connectivity index (χ0n) is 15.4. The van der Waals surface area contributed by atoms with Gasteiger partial charge in [0.25, 0.3) is 0 Å². The number of unbranched alkanes of at least 4 members (excludes halogenated alkanes) is 1. The van der Waals surface area contributed by atoms with Crippen LogP contribution < -0.4 is 5.32 Å². The predicted molar refractivity (Wildman–Crippen MR) is 111 cm³/mol. The average Bonchev–Trinajstić information content (AvgIpc) is 3.09. The number of piperazine rings is 1. The molecule has 2 N–H and O–H groups in total. The van der Waals surface area contributed by atoms with Gasteiger partial charge >= 0.3 is 0 Å². The van der Waals surface area contributed by atoms with Gasteiger partial charge in [-0.3, -0.25) is 5.10 Å². The molecule has 7 heteroatoms. The standard InChI is InChI=1S/C19H28ClN5.ClH/c1-24-10-12-25(13-11-24)9-3-2-8-21-14-17-15-22-23-19(17)16-4-6-18(20)7-5-16;/h4-7,15,21H,2-3,8-14H2,1H3,(H,22,23);1H. The van der Waals surface area contributed by atoms with E-state index in [2.05, 4.69) is 32.4 Å². The molecule has 5 nitrogen and oxygen atoms in total. The highest BCUT2D eigenvalue weighted by Gasteiger charge is 2.12. The number of likely N-dealkylation sites (N-methyl/N-ethyl adjacent to an activating group) is 1. The average molecular weight is 398 g/mol. The topological polar surface area (TPSA) is 47.2 Å². The number of H-pyrrole nitrogens is 1. The first-order chi connectivity index (χ1) is 12.2. The maximum atomic E-state index is 5.96. The fourth-order valence-corrected chi connectivity index (χ4v) is 3.32. The molecular weight excluding hydrogens is 369 g/mol. The van der Waals surface area contributed by atoms with Crippen LogP contribution in [0.4, 0.5) is 0 Å². The summed E-state index contributed by atoms with van der Waals surface area (Å²) in [5.74, 6) is 0. The molecule has 0 saturated carbocycles. The fourth-order valence-electron chi connectivity index (χ4n) is 3.19. The monoisotopic (exact) mass is 397 g/mol. The Kier molecular flexibility index (Phi) is 8.88. The maximum absolute atomic E-state index is 5.96. The summed E-state index contributed by atoms with van der Waals surface area (Å²) in [6.45, 7) is 7.92. The Morgan fingerprint density at radius 2 is 1.85 bits per heavy atom. The molecule has 0 radical (unpaired) electrons. The Hall–Kier alpha value is -1.11. The Bertz CT molecular complexity index is 636. The van der Waals surface area contributed by atoms with Crippen LogP contribution in [0.2, 0.25) is 5.02 Å². The van der Waals surface area contributed by atoms with Crippen molar-refractivity contribution in [1.29, 1.82) is 0 Å². The lowest BCUT2D eigenvalue weighted by Gasteiger charge is -2.32. The molecule has 144 valence electrons. The van der Waals surface area contributed by atoms with E-state index < -0.39 is 0 Å². The largest absolute Gasteiger partial charge is 0.313 e. The van der Waals surface area contributed by atoms with Crippen LogP contribution in [-0.2, 0) is 6.54 Å². The number of aromatic amines is 1. The van der Waals surface area contributed by atoms with Crippen molar-refractivity contribution in [2.75, 3.05) is 46.3 Å². The highest BCUT2D eigenvalue weighted by atomic mass is 35.5. The van der Waals surface area contributed by atoms with Crippen molar-refractivity contribution in [2.24, 2.45) is 0 Å². The first kappa shape index (κ1) is 21.2. The van der Waals surface area contributed by atoms with Crippen LogP contribution in [0.1, 0.15) is 18.4 Å². The van der Waals surface area contributed by atoms with Gasteiger partial charge in [0.05, 0.1) is 11.9 Å². The second-order valence-corrected chi connectivity index (χ2v) is 7.24. The van der Waals surface area contributed by atoms with Crippen LogP contribution in [0, 0.1) is 0 Å². The fraction of sp³-hybridized carbons (Fsp3) is 0.526. The minimum absolute atomic E-state index is 0. The van der Waals surface area contributed by atoms with Crippen LogP contribution in [0.3, 0.4) is 0 Å². The molecule has 3 rings (SSSR count). The Labute approximate surface area is 167 Å². The number of nitrogens with zero attached hydrogens (tertiary/aromatic N) is 3. The molecular formula is C19H29Cl2N5. The molecule has 1 saturated heterocycles. The van der Waals surface area contributed by atoms with E-state index in [4.69, 9.17) is 11.6 Å². The lowest BCUT2D eigenvalue weighted by Crippen LogP contribution is -2.44. The molecule has 1 aromatic heterocycles. The Morgan fingerprint density at radius 3 is 2.58 bits per heavy atom. The quantitative estimate of drug-likeness (QED) is 0.670. The van der Waals surface area contributed by atoms with Crippen LogP contribution in [0.15, 0.2) is 30.5 Å². The molecule has 1 aliphatic heterocycles. The zero-order valence-corrected chi connectivity index (χ0v) is 17.0. The molecule has 0 atom stereocenters. The predicted octanol–water partition coefficient (Wildman–Crippen LogP) is 3.27. The van der Waals surface area contributed by atoms with Crippen molar-refractivity contribution >= 4 is 24.0 Å². The number of benzene rings is 1. The van der Waals surface area contributed by atoms with Crippen molar-refractivity contribution in [2.45, 2.75) is 19.4 Å². The minimum atomic E-state index is 0. The van der Waals surface area contributed by atoms with E-state index in [0.29, 0.717) is 0 Å². The second kappa shape index (κ2) is 10.9. The van der Waals surface area contributed by atoms with Gasteiger partial charge < -0.3 is 15.1 Å². The minimum Gasteiger partial charge on any atom is -0.313 e. The number of nitrogens with one attached hydrogen (secondary N) is 2. The summed E-state index contributed by atoms with van der Waals surface area (Å²) in [4.78, 5) is 4.98. The number of hydrogen-bond donors (Lipinski definition) is 2. The Balaban J connectivity index is 0.00000243. The van der Waals surface area contributed by atoms with Crippen LogP contribution in [0.5, 0.6) is 0 Å². The molecule has 0 unspecified atom stereocenters. The highest BCUT2D eigenvalue weighted by molar-refractivity contribution is 6.30. The van der Waals surface area contributed by atoms with Crippen LogP contribution in [-0.4, -0.2) is 66.3 Å². The van der Waals surface area contributed by atoms with Crippen molar-refractivity contribution in [3.8, 4) is 11.3 Å². The molecule has 2 heterocycles. The van der Waals surface area contributed by atoms with Gasteiger partial charge in [0, 0.05) is 43.3 Å². The number of halogens is 2. The molecule has 0 spiro atoms. The third-order valence-corrected chi connectivity index (χ3v) is 5.09. The van der Waals surface area contributed by atoms with Gasteiger partial charge in [0.2, 0.25) is 0 Å². The molecule has 26 heavy (non-hydrogen) atoms. The van der Waals surface area contributed by atoms with E-state index in [0.717, 1.165) is 29.4 Å². The first-order valence-electron chi connectivity index (χ1n) is 9.12. The molecule has 0 aliphatic carbocycles. The maximum Gasteiger partial charge on any atom is 0.0695 e. The van der Waals surface area contributed by atoms with Crippen LogP contribution in [0.25, 0.3) is 11.3 Å².